The second kappa shape index (κ2) is 13.8. The van der Waals surface area contributed by atoms with Crippen LogP contribution < -0.4 is 27.8 Å². The molecule has 0 aliphatic heterocycles. The highest BCUT2D eigenvalue weighted by Crippen LogP contribution is 2.33. The molecule has 0 saturated heterocycles. The number of carbonyl (C=O) groups is 3. The lowest BCUT2D eigenvalue weighted by Crippen LogP contribution is -2.55. The number of hydrogen-bond acceptors (Lipinski definition) is 6. The highest BCUT2D eigenvalue weighted by molar-refractivity contribution is 7.51. The molecule has 0 heterocycles. The number of carboxylic acid groups (broad SMARTS) is 1. The number of carbonyl (C=O) groups excluding carboxylic acids is 2. The van der Waals surface area contributed by atoms with Gasteiger partial charge in [0.2, 0.25) is 11.8 Å². The van der Waals surface area contributed by atoms with Gasteiger partial charge in [0, 0.05) is 6.54 Å². The molecule has 31 heavy (non-hydrogen) atoms. The first-order valence-electron chi connectivity index (χ1n) is 9.64. The molecule has 0 aromatic heterocycles. The molecule has 0 aliphatic rings. The van der Waals surface area contributed by atoms with E-state index in [9.17, 15) is 24.1 Å². The number of rotatable bonds is 14. The Kier molecular flexibility index (Phi) is 12.7. The Morgan fingerprint density at radius 3 is 2.26 bits per heavy atom. The monoisotopic (exact) mass is 464 g/mol. The van der Waals surface area contributed by atoms with Crippen LogP contribution in [0, 0.1) is 5.92 Å². The zero-order valence-electron chi connectivity index (χ0n) is 17.6. The molecule has 0 aliphatic carbocycles. The largest absolute Gasteiger partial charge is 0.479 e. The van der Waals surface area contributed by atoms with E-state index in [-0.39, 0.29) is 24.8 Å². The lowest BCUT2D eigenvalue weighted by atomic mass is 9.98. The van der Waals surface area contributed by atoms with Crippen LogP contribution in [-0.2, 0) is 18.9 Å². The zero-order chi connectivity index (χ0) is 24.2. The minimum Gasteiger partial charge on any atom is -0.479 e. The fraction of sp³-hybridized carbons (Fsp3) is 0.647. The third-order valence-electron chi connectivity index (χ3n) is 4.37. The first-order valence-corrected chi connectivity index (χ1v) is 11.4. The number of nitrogens with two attached hydrogens (primary N) is 3. The van der Waals surface area contributed by atoms with Gasteiger partial charge in [-0.05, 0) is 18.8 Å². The van der Waals surface area contributed by atoms with Gasteiger partial charge in [-0.2, -0.15) is 0 Å². The molecular weight excluding hydrogens is 431 g/mol. The number of nitrogens with one attached hydrogen (secondary N) is 2. The fourth-order valence-corrected chi connectivity index (χ4v) is 2.73. The summed E-state index contributed by atoms with van der Waals surface area (Å²) >= 11 is 0. The van der Waals surface area contributed by atoms with Crippen molar-refractivity contribution in [3.05, 3.63) is 12.2 Å². The van der Waals surface area contributed by atoms with Crippen LogP contribution in [-0.4, -0.2) is 69.5 Å². The predicted molar refractivity (Wildman–Crippen MR) is 115 cm³/mol. The number of carboxylic acids is 1. The zero-order valence-corrected chi connectivity index (χ0v) is 18.5. The minimum atomic E-state index is -4.37. The van der Waals surface area contributed by atoms with Crippen LogP contribution in [0.1, 0.15) is 33.1 Å². The van der Waals surface area contributed by atoms with Crippen LogP contribution in [0.15, 0.2) is 17.1 Å². The van der Waals surface area contributed by atoms with Gasteiger partial charge in [0.25, 0.3) is 0 Å². The Bertz CT molecular complexity index is 720. The normalized spacial score (nSPS) is 15.5. The number of hydrogen-bond donors (Lipinski definition) is 8. The first-order chi connectivity index (χ1) is 14.3. The Balaban J connectivity index is 5.33. The Hall–Kier alpha value is -2.47. The van der Waals surface area contributed by atoms with E-state index in [0.29, 0.717) is 12.8 Å². The molecule has 2 amide bonds. The van der Waals surface area contributed by atoms with Crippen LogP contribution in [0.5, 0.6) is 0 Å². The van der Waals surface area contributed by atoms with Crippen molar-refractivity contribution in [1.29, 1.82) is 0 Å². The third kappa shape index (κ3) is 12.7. The van der Waals surface area contributed by atoms with Gasteiger partial charge in [0.15, 0.2) is 5.96 Å². The molecule has 4 atom stereocenters. The molecule has 11 N–H and O–H groups in total. The van der Waals surface area contributed by atoms with Gasteiger partial charge in [-0.1, -0.05) is 32.4 Å². The van der Waals surface area contributed by atoms with Crippen molar-refractivity contribution in [3.63, 3.8) is 0 Å². The smallest absolute Gasteiger partial charge is 0.330 e. The maximum absolute atomic E-state index is 12.6. The fourth-order valence-electron chi connectivity index (χ4n) is 2.33. The van der Waals surface area contributed by atoms with E-state index < -0.39 is 49.7 Å². The van der Waals surface area contributed by atoms with E-state index in [1.165, 1.54) is 0 Å². The standard InChI is InChI=1S/C17H33N6O7P/c1-3-10(2)13(18)15(25)22-11(6-4-8-21-17(19)20)14(24)23-12(16(26)27)7-5-9-31(28,29)30/h5,7,10-13H,3-4,6,8-9,18H2,1-2H3,(H,22,25)(H,23,24)(H,26,27)(H4,19,20,21)(H2,28,29,30)/b7-5+/t10-,11-,12?,13-/m0/s1. The Morgan fingerprint density at radius 2 is 1.77 bits per heavy atom. The van der Waals surface area contributed by atoms with Crippen LogP contribution >= 0.6 is 7.60 Å². The Morgan fingerprint density at radius 1 is 1.16 bits per heavy atom. The molecule has 0 spiro atoms. The van der Waals surface area contributed by atoms with E-state index in [4.69, 9.17) is 27.0 Å². The number of allylic oxidation sites excluding steroid dienone is 1. The first kappa shape index (κ1) is 28.5. The average molecular weight is 464 g/mol. The summed E-state index contributed by atoms with van der Waals surface area (Å²) in [5, 5.41) is 14.0. The summed E-state index contributed by atoms with van der Waals surface area (Å²) in [7, 11) is -4.37. The number of aliphatic carboxylic acids is 1. The minimum absolute atomic E-state index is 0.0973. The SMILES string of the molecule is CC[C@H](C)[C@H](N)C(=O)N[C@@H](CCCN=C(N)N)C(=O)NC(/C=C/CP(=O)(O)O)C(=O)O. The van der Waals surface area contributed by atoms with Crippen molar-refractivity contribution in [2.75, 3.05) is 12.7 Å². The van der Waals surface area contributed by atoms with Crippen molar-refractivity contribution in [2.45, 2.75) is 51.2 Å². The molecule has 0 radical (unpaired) electrons. The molecule has 13 nitrogen and oxygen atoms in total. The van der Waals surface area contributed by atoms with Crippen LogP contribution in [0.3, 0.4) is 0 Å². The summed E-state index contributed by atoms with van der Waals surface area (Å²) in [6.07, 6.45) is 2.27. The summed E-state index contributed by atoms with van der Waals surface area (Å²) < 4.78 is 10.9. The summed E-state index contributed by atoms with van der Waals surface area (Å²) in [5.41, 5.74) is 16.4. The molecule has 0 rings (SSSR count). The van der Waals surface area contributed by atoms with E-state index >= 15 is 0 Å². The lowest BCUT2D eigenvalue weighted by molar-refractivity contribution is -0.140. The quantitative estimate of drug-likeness (QED) is 0.0471. The molecule has 0 saturated carbocycles. The number of aliphatic imine (C=N–C) groups is 1. The molecule has 0 aromatic rings. The van der Waals surface area contributed by atoms with Crippen molar-refractivity contribution in [3.8, 4) is 0 Å². The predicted octanol–water partition coefficient (Wildman–Crippen LogP) is -1.80. The number of amides is 2. The second-order valence-corrected chi connectivity index (χ2v) is 8.72. The van der Waals surface area contributed by atoms with E-state index in [1.807, 2.05) is 6.92 Å². The molecule has 0 fully saturated rings. The second-order valence-electron chi connectivity index (χ2n) is 7.02. The van der Waals surface area contributed by atoms with Gasteiger partial charge in [-0.15, -0.1) is 0 Å². The van der Waals surface area contributed by atoms with Crippen molar-refractivity contribution >= 4 is 31.3 Å². The van der Waals surface area contributed by atoms with Crippen molar-refractivity contribution < 1.29 is 33.8 Å². The topological polar surface area (TPSA) is 243 Å². The number of nitrogens with zero attached hydrogens (tertiary/aromatic N) is 1. The van der Waals surface area contributed by atoms with Crippen molar-refractivity contribution in [2.24, 2.45) is 28.1 Å². The third-order valence-corrected chi connectivity index (χ3v) is 5.06. The summed E-state index contributed by atoms with van der Waals surface area (Å²) in [5.74, 6) is -3.10. The molecular formula is C17H33N6O7P. The summed E-state index contributed by atoms with van der Waals surface area (Å²) in [6, 6.07) is -3.54. The Labute approximate surface area is 180 Å². The van der Waals surface area contributed by atoms with E-state index in [2.05, 4.69) is 15.6 Å². The molecule has 178 valence electrons. The molecule has 0 bridgehead atoms. The summed E-state index contributed by atoms with van der Waals surface area (Å²) in [6.45, 7) is 3.83. The van der Waals surface area contributed by atoms with Gasteiger partial charge in [0.05, 0.1) is 12.2 Å². The molecule has 1 unspecified atom stereocenters. The average Bonchev–Trinajstić information content (AvgIpc) is 2.66. The highest BCUT2D eigenvalue weighted by atomic mass is 31.2. The van der Waals surface area contributed by atoms with Crippen LogP contribution in [0.25, 0.3) is 0 Å². The maximum atomic E-state index is 12.6. The highest BCUT2D eigenvalue weighted by Gasteiger charge is 2.28. The lowest BCUT2D eigenvalue weighted by Gasteiger charge is -2.24. The van der Waals surface area contributed by atoms with Crippen LogP contribution in [0.4, 0.5) is 0 Å². The van der Waals surface area contributed by atoms with Crippen LogP contribution in [0.2, 0.25) is 0 Å². The van der Waals surface area contributed by atoms with Gasteiger partial charge < -0.3 is 42.7 Å². The molecule has 0 aromatic carbocycles. The van der Waals surface area contributed by atoms with Gasteiger partial charge in [0.1, 0.15) is 12.1 Å². The van der Waals surface area contributed by atoms with E-state index in [1.54, 1.807) is 6.92 Å². The van der Waals surface area contributed by atoms with E-state index in [0.717, 1.165) is 12.2 Å². The van der Waals surface area contributed by atoms with Gasteiger partial charge in [-0.25, -0.2) is 4.79 Å². The van der Waals surface area contributed by atoms with Crippen molar-refractivity contribution in [1.82, 2.24) is 10.6 Å². The number of guanidine groups is 1. The van der Waals surface area contributed by atoms with Gasteiger partial charge >= 0.3 is 13.6 Å². The maximum Gasteiger partial charge on any atom is 0.330 e. The summed E-state index contributed by atoms with van der Waals surface area (Å²) in [4.78, 5) is 57.9. The molecule has 14 heteroatoms. The van der Waals surface area contributed by atoms with Gasteiger partial charge in [-0.3, -0.25) is 19.1 Å².